The number of para-hydroxylation sites is 1. The maximum Gasteiger partial charge on any atom is 0.137 e. The van der Waals surface area contributed by atoms with Crippen LogP contribution in [0.2, 0.25) is 0 Å². The van der Waals surface area contributed by atoms with E-state index in [1.165, 1.54) is 37.0 Å². The van der Waals surface area contributed by atoms with Gasteiger partial charge in [0.25, 0.3) is 0 Å². The smallest absolute Gasteiger partial charge is 0.137 e. The zero-order valence-electron chi connectivity index (χ0n) is 15.9. The molecule has 1 unspecified atom stereocenters. The summed E-state index contributed by atoms with van der Waals surface area (Å²) in [5.74, 6) is 0.841. The Bertz CT molecular complexity index is 652. The number of aliphatic hydroxyl groups is 1. The number of likely N-dealkylation sites (N-methyl/N-ethyl adjacent to an activating group) is 1. The van der Waals surface area contributed by atoms with Crippen molar-refractivity contribution >= 4 is 0 Å². The molecule has 0 radical (unpaired) electrons. The van der Waals surface area contributed by atoms with Crippen LogP contribution < -0.4 is 9.64 Å². The van der Waals surface area contributed by atoms with Gasteiger partial charge in [-0.2, -0.15) is 0 Å². The van der Waals surface area contributed by atoms with Crippen LogP contribution in [0.1, 0.15) is 39.0 Å². The molecule has 140 valence electrons. The zero-order chi connectivity index (χ0) is 18.2. The van der Waals surface area contributed by atoms with E-state index in [1.807, 2.05) is 36.4 Å². The summed E-state index contributed by atoms with van der Waals surface area (Å²) in [5, 5.41) is 10.6. The van der Waals surface area contributed by atoms with Crippen molar-refractivity contribution < 1.29 is 14.7 Å². The lowest BCUT2D eigenvalue weighted by Gasteiger charge is -2.31. The first-order chi connectivity index (χ1) is 12.8. The van der Waals surface area contributed by atoms with Crippen molar-refractivity contribution in [2.75, 3.05) is 19.7 Å². The fourth-order valence-electron chi connectivity index (χ4n) is 4.11. The van der Waals surface area contributed by atoms with Gasteiger partial charge in [-0.15, -0.1) is 0 Å². The number of nitrogens with one attached hydrogen (secondary N) is 1. The molecule has 3 heteroatoms. The monoisotopic (exact) mass is 354 g/mol. The SMILES string of the molecule is CC[NH+](C[C@H](O)COc1ccccc1-c1ccccc1)C1CCCCC1. The molecule has 0 spiro atoms. The summed E-state index contributed by atoms with van der Waals surface area (Å²) >= 11 is 0. The maximum atomic E-state index is 10.6. The molecule has 3 rings (SSSR count). The highest BCUT2D eigenvalue weighted by atomic mass is 16.5. The molecule has 26 heavy (non-hydrogen) atoms. The van der Waals surface area contributed by atoms with Crippen molar-refractivity contribution in [3.63, 3.8) is 0 Å². The number of aliphatic hydroxyl groups excluding tert-OH is 1. The summed E-state index contributed by atoms with van der Waals surface area (Å²) in [6.45, 7) is 4.42. The highest BCUT2D eigenvalue weighted by Crippen LogP contribution is 2.29. The molecular formula is C23H32NO2+. The zero-order valence-corrected chi connectivity index (χ0v) is 15.9. The first-order valence-electron chi connectivity index (χ1n) is 10.1. The molecule has 3 nitrogen and oxygen atoms in total. The van der Waals surface area contributed by atoms with E-state index in [1.54, 1.807) is 0 Å². The Morgan fingerprint density at radius 2 is 1.69 bits per heavy atom. The van der Waals surface area contributed by atoms with Crippen LogP contribution in [0.15, 0.2) is 54.6 Å². The summed E-state index contributed by atoms with van der Waals surface area (Å²) in [6, 6.07) is 19.0. The number of ether oxygens (including phenoxy) is 1. The summed E-state index contributed by atoms with van der Waals surface area (Å²) in [6.07, 6.45) is 6.21. The Morgan fingerprint density at radius 3 is 2.42 bits per heavy atom. The van der Waals surface area contributed by atoms with Crippen LogP contribution in [0.5, 0.6) is 5.75 Å². The van der Waals surface area contributed by atoms with Gasteiger partial charge >= 0.3 is 0 Å². The lowest BCUT2D eigenvalue weighted by atomic mass is 9.94. The lowest BCUT2D eigenvalue weighted by molar-refractivity contribution is -0.928. The van der Waals surface area contributed by atoms with Crippen LogP contribution in [0.25, 0.3) is 11.1 Å². The summed E-state index contributed by atoms with van der Waals surface area (Å²) in [4.78, 5) is 1.53. The molecule has 1 fully saturated rings. The van der Waals surface area contributed by atoms with Crippen molar-refractivity contribution in [2.45, 2.75) is 51.2 Å². The maximum absolute atomic E-state index is 10.6. The quantitative estimate of drug-likeness (QED) is 0.762. The van der Waals surface area contributed by atoms with Gasteiger partial charge in [-0.25, -0.2) is 0 Å². The molecule has 1 aliphatic rings. The van der Waals surface area contributed by atoms with Crippen LogP contribution in [0.3, 0.4) is 0 Å². The fourth-order valence-corrected chi connectivity index (χ4v) is 4.11. The molecule has 0 heterocycles. The van der Waals surface area contributed by atoms with Crippen LogP contribution in [0, 0.1) is 0 Å². The van der Waals surface area contributed by atoms with Gasteiger partial charge in [-0.3, -0.25) is 0 Å². The van der Waals surface area contributed by atoms with Gasteiger partial charge < -0.3 is 14.7 Å². The predicted octanol–water partition coefficient (Wildman–Crippen LogP) is 3.33. The minimum absolute atomic E-state index is 0.347. The molecule has 2 aromatic rings. The second-order valence-corrected chi connectivity index (χ2v) is 7.38. The Morgan fingerprint density at radius 1 is 1.00 bits per heavy atom. The third kappa shape index (κ3) is 5.09. The number of benzene rings is 2. The van der Waals surface area contributed by atoms with Gasteiger partial charge in [0.2, 0.25) is 0 Å². The molecule has 0 bridgehead atoms. The van der Waals surface area contributed by atoms with E-state index in [4.69, 9.17) is 4.74 Å². The van der Waals surface area contributed by atoms with Gasteiger partial charge in [0, 0.05) is 5.56 Å². The van der Waals surface area contributed by atoms with Crippen molar-refractivity contribution in [1.82, 2.24) is 0 Å². The highest BCUT2D eigenvalue weighted by Gasteiger charge is 2.25. The average molecular weight is 355 g/mol. The van der Waals surface area contributed by atoms with E-state index in [2.05, 4.69) is 25.1 Å². The number of hydrogen-bond acceptors (Lipinski definition) is 2. The van der Waals surface area contributed by atoms with Crippen LogP contribution in [-0.4, -0.2) is 36.9 Å². The van der Waals surface area contributed by atoms with E-state index >= 15 is 0 Å². The third-order valence-electron chi connectivity index (χ3n) is 5.54. The molecule has 2 atom stereocenters. The molecular weight excluding hydrogens is 322 g/mol. The van der Waals surface area contributed by atoms with Gasteiger partial charge in [0.1, 0.15) is 25.0 Å². The second kappa shape index (κ2) is 9.75. The fraction of sp³-hybridized carbons (Fsp3) is 0.478. The van der Waals surface area contributed by atoms with Crippen molar-refractivity contribution in [3.8, 4) is 16.9 Å². The van der Waals surface area contributed by atoms with E-state index in [0.29, 0.717) is 12.6 Å². The average Bonchev–Trinajstić information content (AvgIpc) is 2.72. The molecule has 0 amide bonds. The summed E-state index contributed by atoms with van der Waals surface area (Å²) in [5.41, 5.74) is 2.22. The number of hydrogen-bond donors (Lipinski definition) is 2. The topological polar surface area (TPSA) is 33.9 Å². The molecule has 1 aliphatic carbocycles. The summed E-state index contributed by atoms with van der Waals surface area (Å²) < 4.78 is 6.02. The van der Waals surface area contributed by atoms with Crippen LogP contribution in [-0.2, 0) is 0 Å². The first kappa shape index (κ1) is 18.9. The predicted molar refractivity (Wildman–Crippen MR) is 107 cm³/mol. The van der Waals surface area contributed by atoms with E-state index in [0.717, 1.165) is 30.0 Å². The number of rotatable bonds is 8. The standard InChI is InChI=1S/C23H31NO2/c1-2-24(20-13-7-4-8-14-20)17-21(25)18-26-23-16-10-9-15-22(23)19-11-5-3-6-12-19/h3,5-6,9-12,15-16,20-21,25H,2,4,7-8,13-14,17-18H2,1H3/p+1/t21-/m0/s1. The highest BCUT2D eigenvalue weighted by molar-refractivity contribution is 5.70. The molecule has 2 aromatic carbocycles. The minimum Gasteiger partial charge on any atom is -0.490 e. The van der Waals surface area contributed by atoms with E-state index < -0.39 is 6.10 Å². The summed E-state index contributed by atoms with van der Waals surface area (Å²) in [7, 11) is 0. The Hall–Kier alpha value is -1.84. The molecule has 0 aromatic heterocycles. The molecule has 0 saturated heterocycles. The largest absolute Gasteiger partial charge is 0.490 e. The third-order valence-corrected chi connectivity index (χ3v) is 5.54. The Kier molecular flexibility index (Phi) is 7.10. The Balaban J connectivity index is 1.58. The normalized spacial score (nSPS) is 17.6. The van der Waals surface area contributed by atoms with Gasteiger partial charge in [-0.1, -0.05) is 55.0 Å². The van der Waals surface area contributed by atoms with Crippen molar-refractivity contribution in [2.24, 2.45) is 0 Å². The first-order valence-corrected chi connectivity index (χ1v) is 10.1. The van der Waals surface area contributed by atoms with E-state index in [-0.39, 0.29) is 0 Å². The molecule has 0 aliphatic heterocycles. The molecule has 1 saturated carbocycles. The van der Waals surface area contributed by atoms with E-state index in [9.17, 15) is 5.11 Å². The van der Waals surface area contributed by atoms with Gasteiger partial charge in [0.15, 0.2) is 0 Å². The van der Waals surface area contributed by atoms with Crippen molar-refractivity contribution in [3.05, 3.63) is 54.6 Å². The number of quaternary nitrogens is 1. The van der Waals surface area contributed by atoms with Gasteiger partial charge in [0.05, 0.1) is 12.6 Å². The molecule has 2 N–H and O–H groups in total. The lowest BCUT2D eigenvalue weighted by Crippen LogP contribution is -3.16. The van der Waals surface area contributed by atoms with Gasteiger partial charge in [-0.05, 0) is 44.2 Å². The minimum atomic E-state index is -0.435. The second-order valence-electron chi connectivity index (χ2n) is 7.38. The Labute approximate surface area is 157 Å². The van der Waals surface area contributed by atoms with Crippen LogP contribution in [0.4, 0.5) is 0 Å². The van der Waals surface area contributed by atoms with Crippen LogP contribution >= 0.6 is 0 Å². The van der Waals surface area contributed by atoms with Crippen molar-refractivity contribution in [1.29, 1.82) is 0 Å².